The zero-order chi connectivity index (χ0) is 16.1. The van der Waals surface area contributed by atoms with Crippen LogP contribution in [0, 0.1) is 0 Å². The van der Waals surface area contributed by atoms with Gasteiger partial charge >= 0.3 is 5.97 Å². The van der Waals surface area contributed by atoms with Gasteiger partial charge in [0.05, 0.1) is 22.8 Å². The molecule has 0 aliphatic carbocycles. The minimum Gasteiger partial charge on any atom is -0.481 e. The number of hydrogen-bond acceptors (Lipinski definition) is 5. The van der Waals surface area contributed by atoms with Crippen molar-refractivity contribution in [2.45, 2.75) is 24.7 Å². The third kappa shape index (κ3) is 5.84. The molecule has 0 atom stereocenters. The van der Waals surface area contributed by atoms with Crippen LogP contribution >= 0.6 is 0 Å². The number of aliphatic carboxylic acids is 1. The maximum Gasteiger partial charge on any atom is 0.307 e. The van der Waals surface area contributed by atoms with E-state index in [-0.39, 0.29) is 17.1 Å². The van der Waals surface area contributed by atoms with E-state index >= 15 is 0 Å². The maximum atomic E-state index is 12.0. The largest absolute Gasteiger partial charge is 0.481 e. The first-order valence-electron chi connectivity index (χ1n) is 6.40. The minimum absolute atomic E-state index is 0.00309. The standard InChI is InChI=1S/C13H18O6S2/c1-2-7-20(16,17)8-9-21(18,19)12-5-3-11(4-6-12)10-13(14)15/h3-6H,2,7-10H2,1H3,(H,14,15). The van der Waals surface area contributed by atoms with Crippen molar-refractivity contribution in [1.29, 1.82) is 0 Å². The van der Waals surface area contributed by atoms with Gasteiger partial charge in [-0.15, -0.1) is 0 Å². The van der Waals surface area contributed by atoms with Crippen molar-refractivity contribution in [2.24, 2.45) is 0 Å². The van der Waals surface area contributed by atoms with Crippen molar-refractivity contribution >= 4 is 25.6 Å². The molecule has 6 nitrogen and oxygen atoms in total. The van der Waals surface area contributed by atoms with Crippen LogP contribution in [0.25, 0.3) is 0 Å². The van der Waals surface area contributed by atoms with Crippen LogP contribution in [0.15, 0.2) is 29.2 Å². The Morgan fingerprint density at radius 3 is 2.05 bits per heavy atom. The molecule has 0 heterocycles. The first-order valence-corrected chi connectivity index (χ1v) is 9.87. The molecule has 0 amide bonds. The van der Waals surface area contributed by atoms with Crippen molar-refractivity contribution < 1.29 is 26.7 Å². The van der Waals surface area contributed by atoms with E-state index in [1.54, 1.807) is 6.92 Å². The quantitative estimate of drug-likeness (QED) is 0.757. The van der Waals surface area contributed by atoms with Gasteiger partial charge in [0.2, 0.25) is 0 Å². The van der Waals surface area contributed by atoms with Gasteiger partial charge in [0.25, 0.3) is 0 Å². The first kappa shape index (κ1) is 17.6. The summed E-state index contributed by atoms with van der Waals surface area (Å²) >= 11 is 0. The fourth-order valence-electron chi connectivity index (χ4n) is 1.76. The number of sulfone groups is 2. The van der Waals surface area contributed by atoms with E-state index < -0.39 is 37.1 Å². The third-order valence-electron chi connectivity index (χ3n) is 2.82. The number of rotatable bonds is 8. The van der Waals surface area contributed by atoms with E-state index in [9.17, 15) is 21.6 Å². The second-order valence-electron chi connectivity index (χ2n) is 4.69. The fourth-order valence-corrected chi connectivity index (χ4v) is 5.26. The molecule has 0 spiro atoms. The molecule has 1 aromatic carbocycles. The molecule has 0 saturated heterocycles. The van der Waals surface area contributed by atoms with Crippen molar-refractivity contribution in [3.05, 3.63) is 29.8 Å². The molecule has 0 aromatic heterocycles. The van der Waals surface area contributed by atoms with Gasteiger partial charge in [0, 0.05) is 5.75 Å². The smallest absolute Gasteiger partial charge is 0.307 e. The van der Waals surface area contributed by atoms with Crippen molar-refractivity contribution in [3.63, 3.8) is 0 Å². The van der Waals surface area contributed by atoms with E-state index in [0.29, 0.717) is 12.0 Å². The Balaban J connectivity index is 2.81. The highest BCUT2D eigenvalue weighted by Crippen LogP contribution is 2.14. The minimum atomic E-state index is -3.68. The summed E-state index contributed by atoms with van der Waals surface area (Å²) in [6, 6.07) is 5.45. The monoisotopic (exact) mass is 334 g/mol. The molecule has 1 rings (SSSR count). The van der Waals surface area contributed by atoms with E-state index in [0.717, 1.165) is 0 Å². The van der Waals surface area contributed by atoms with Crippen molar-refractivity contribution in [1.82, 2.24) is 0 Å². The zero-order valence-corrected chi connectivity index (χ0v) is 13.3. The molecule has 0 radical (unpaired) electrons. The lowest BCUT2D eigenvalue weighted by molar-refractivity contribution is -0.136. The van der Waals surface area contributed by atoms with Gasteiger partial charge in [0.1, 0.15) is 0 Å². The first-order chi connectivity index (χ1) is 9.66. The summed E-state index contributed by atoms with van der Waals surface area (Å²) in [6.45, 7) is 1.72. The number of benzene rings is 1. The molecule has 0 bridgehead atoms. The van der Waals surface area contributed by atoms with Gasteiger partial charge in [-0.1, -0.05) is 19.1 Å². The summed E-state index contributed by atoms with van der Waals surface area (Å²) in [7, 11) is -7.04. The highest BCUT2D eigenvalue weighted by molar-refractivity contribution is 7.95. The molecule has 0 saturated carbocycles. The van der Waals surface area contributed by atoms with E-state index in [1.165, 1.54) is 24.3 Å². The second-order valence-corrected chi connectivity index (χ2v) is 9.10. The van der Waals surface area contributed by atoms with E-state index in [2.05, 4.69) is 0 Å². The summed E-state index contributed by atoms with van der Waals surface area (Å²) in [5, 5.41) is 8.64. The molecule has 1 aromatic rings. The lowest BCUT2D eigenvalue weighted by Crippen LogP contribution is -2.19. The van der Waals surface area contributed by atoms with Gasteiger partial charge in [-0.2, -0.15) is 0 Å². The van der Waals surface area contributed by atoms with Crippen LogP contribution < -0.4 is 0 Å². The molecular weight excluding hydrogens is 316 g/mol. The van der Waals surface area contributed by atoms with Crippen LogP contribution in [0.3, 0.4) is 0 Å². The van der Waals surface area contributed by atoms with Gasteiger partial charge in [0.15, 0.2) is 19.7 Å². The van der Waals surface area contributed by atoms with Gasteiger partial charge in [-0.3, -0.25) is 4.79 Å². The summed E-state index contributed by atoms with van der Waals surface area (Å²) in [5.74, 6) is -1.90. The Hall–Kier alpha value is -1.41. The Bertz CT molecular complexity index is 687. The van der Waals surface area contributed by atoms with Crippen LogP contribution in [0.1, 0.15) is 18.9 Å². The average Bonchev–Trinajstić information content (AvgIpc) is 2.37. The van der Waals surface area contributed by atoms with Crippen LogP contribution in [-0.4, -0.2) is 45.2 Å². The highest BCUT2D eigenvalue weighted by atomic mass is 32.2. The lowest BCUT2D eigenvalue weighted by atomic mass is 10.2. The average molecular weight is 334 g/mol. The van der Waals surface area contributed by atoms with Crippen LogP contribution in [0.4, 0.5) is 0 Å². The number of carboxylic acids is 1. The Labute approximate surface area is 124 Å². The predicted octanol–water partition coefficient (Wildman–Crippen LogP) is 0.912. The normalized spacial score (nSPS) is 12.2. The van der Waals surface area contributed by atoms with E-state index in [4.69, 9.17) is 5.11 Å². The molecule has 8 heteroatoms. The van der Waals surface area contributed by atoms with Gasteiger partial charge < -0.3 is 5.11 Å². The molecular formula is C13H18O6S2. The predicted molar refractivity (Wildman–Crippen MR) is 78.8 cm³/mol. The van der Waals surface area contributed by atoms with Crippen LogP contribution in [0.2, 0.25) is 0 Å². The third-order valence-corrected chi connectivity index (χ3v) is 6.66. The van der Waals surface area contributed by atoms with E-state index in [1.807, 2.05) is 0 Å². The second kappa shape index (κ2) is 7.04. The lowest BCUT2D eigenvalue weighted by Gasteiger charge is -2.06. The zero-order valence-electron chi connectivity index (χ0n) is 11.6. The van der Waals surface area contributed by atoms with Crippen LogP contribution in [0.5, 0.6) is 0 Å². The molecule has 0 aliphatic rings. The SMILES string of the molecule is CCCS(=O)(=O)CCS(=O)(=O)c1ccc(CC(=O)O)cc1. The summed E-state index contributed by atoms with van der Waals surface area (Å²) in [6.07, 6.45) is 0.261. The molecule has 0 aliphatic heterocycles. The maximum absolute atomic E-state index is 12.0. The molecule has 1 N–H and O–H groups in total. The Morgan fingerprint density at radius 1 is 1.00 bits per heavy atom. The molecule has 21 heavy (non-hydrogen) atoms. The molecule has 0 unspecified atom stereocenters. The number of carboxylic acid groups (broad SMARTS) is 1. The van der Waals surface area contributed by atoms with Gasteiger partial charge in [-0.25, -0.2) is 16.8 Å². The Kier molecular flexibility index (Phi) is 5.91. The highest BCUT2D eigenvalue weighted by Gasteiger charge is 2.19. The van der Waals surface area contributed by atoms with Crippen LogP contribution in [-0.2, 0) is 30.9 Å². The van der Waals surface area contributed by atoms with Gasteiger partial charge in [-0.05, 0) is 24.1 Å². The number of hydrogen-bond donors (Lipinski definition) is 1. The van der Waals surface area contributed by atoms with Crippen molar-refractivity contribution in [2.75, 3.05) is 17.3 Å². The fraction of sp³-hybridized carbons (Fsp3) is 0.462. The Morgan fingerprint density at radius 2 is 1.57 bits per heavy atom. The summed E-state index contributed by atoms with van der Waals surface area (Å²) in [4.78, 5) is 10.5. The number of carbonyl (C=O) groups is 1. The molecule has 0 fully saturated rings. The molecule has 118 valence electrons. The topological polar surface area (TPSA) is 106 Å². The summed E-state index contributed by atoms with van der Waals surface area (Å²) in [5.41, 5.74) is 0.486. The van der Waals surface area contributed by atoms with Crippen molar-refractivity contribution in [3.8, 4) is 0 Å². The summed E-state index contributed by atoms with van der Waals surface area (Å²) < 4.78 is 47.2.